The Morgan fingerprint density at radius 1 is 0.512 bits per heavy atom. The fourth-order valence-electron chi connectivity index (χ4n) is 3.17. The quantitative estimate of drug-likeness (QED) is 0.120. The van der Waals surface area contributed by atoms with Crippen LogP contribution < -0.4 is 29.5 Å². The van der Waals surface area contributed by atoms with E-state index in [4.69, 9.17) is 48.4 Å². The molecule has 0 aliphatic carbocycles. The lowest BCUT2D eigenvalue weighted by Crippen LogP contribution is -2.12. The number of halogens is 3. The molecule has 3 aromatic rings. The van der Waals surface area contributed by atoms with E-state index in [9.17, 15) is 18.9 Å². The molecule has 0 saturated carbocycles. The predicted molar refractivity (Wildman–Crippen MR) is 161 cm³/mol. The van der Waals surface area contributed by atoms with E-state index in [0.29, 0.717) is 17.1 Å². The molecule has 0 unspecified atom stereocenters. The third-order valence-electron chi connectivity index (χ3n) is 5.03. The maximum Gasteiger partial charge on any atom is 0.647 e. The summed E-state index contributed by atoms with van der Waals surface area (Å²) in [7, 11) is -4.36. The van der Waals surface area contributed by atoms with E-state index >= 15 is 0 Å². The molecule has 10 nitrogen and oxygen atoms in total. The molecule has 3 rings (SSSR count). The van der Waals surface area contributed by atoms with Gasteiger partial charge >= 0.3 is 7.82 Å². The normalized spacial score (nSPS) is 10.8. The maximum atomic E-state index is 13.8. The molecule has 218 valence electrons. The molecule has 14 heteroatoms. The number of hydrogen-bond donors (Lipinski definition) is 3. The second kappa shape index (κ2) is 16.1. The fourth-order valence-corrected chi connectivity index (χ4v) is 4.93. The summed E-state index contributed by atoms with van der Waals surface area (Å²) in [6.07, 6.45) is 0.461. The van der Waals surface area contributed by atoms with Gasteiger partial charge in [0.05, 0.1) is 0 Å². The number of amides is 3. The standard InChI is InChI=1S/C27H27Cl3N3O7P/c28-16-13-25(34)31-19-1-7-22(8-2-19)38-41(37,39-23-9-3-20(4-10-23)32-26(35)14-17-29)40-24-11-5-21(6-12-24)33-27(36)15-18-30/h1-12H,13-18H2,(H,31,34)(H,32,35)(H,33,36). The van der Waals surface area contributed by atoms with Crippen LogP contribution in [-0.4, -0.2) is 35.4 Å². The first-order valence-electron chi connectivity index (χ1n) is 12.3. The van der Waals surface area contributed by atoms with Crippen molar-refractivity contribution in [2.45, 2.75) is 19.3 Å². The first-order chi connectivity index (χ1) is 19.7. The van der Waals surface area contributed by atoms with Gasteiger partial charge in [-0.15, -0.1) is 34.8 Å². The van der Waals surface area contributed by atoms with E-state index in [1.807, 2.05) is 0 Å². The Hall–Kier alpha value is -3.43. The van der Waals surface area contributed by atoms with Gasteiger partial charge in [-0.25, -0.2) is 0 Å². The van der Waals surface area contributed by atoms with Crippen LogP contribution in [0, 0.1) is 0 Å². The number of carbonyl (C=O) groups is 3. The zero-order valence-corrected chi connectivity index (χ0v) is 24.8. The number of phosphoric acid groups is 1. The molecule has 3 N–H and O–H groups in total. The molecule has 0 aliphatic heterocycles. The van der Waals surface area contributed by atoms with Crippen molar-refractivity contribution in [3.63, 3.8) is 0 Å². The minimum Gasteiger partial charge on any atom is -0.386 e. The molecule has 0 heterocycles. The van der Waals surface area contributed by atoms with Crippen LogP contribution in [0.5, 0.6) is 17.2 Å². The van der Waals surface area contributed by atoms with Gasteiger partial charge in [-0.05, 0) is 72.8 Å². The second-order valence-corrected chi connectivity index (χ2v) is 10.8. The molecule has 0 saturated heterocycles. The van der Waals surface area contributed by atoms with Gasteiger partial charge in [0.2, 0.25) is 17.7 Å². The monoisotopic (exact) mass is 641 g/mol. The Bertz CT molecular complexity index is 1190. The molecule has 41 heavy (non-hydrogen) atoms. The Labute approximate surface area is 252 Å². The molecule has 0 atom stereocenters. The lowest BCUT2D eigenvalue weighted by atomic mass is 10.3. The van der Waals surface area contributed by atoms with Gasteiger partial charge in [0.15, 0.2) is 0 Å². The molecule has 0 spiro atoms. The fraction of sp³-hybridized carbons (Fsp3) is 0.222. The van der Waals surface area contributed by atoms with E-state index in [1.165, 1.54) is 36.4 Å². The highest BCUT2D eigenvalue weighted by Crippen LogP contribution is 2.50. The van der Waals surface area contributed by atoms with Crippen LogP contribution >= 0.6 is 42.6 Å². The zero-order valence-electron chi connectivity index (χ0n) is 21.6. The molecule has 0 fully saturated rings. The van der Waals surface area contributed by atoms with Crippen molar-refractivity contribution < 1.29 is 32.5 Å². The van der Waals surface area contributed by atoms with Crippen LogP contribution in [0.3, 0.4) is 0 Å². The van der Waals surface area contributed by atoms with Gasteiger partial charge < -0.3 is 29.5 Å². The van der Waals surface area contributed by atoms with Crippen LogP contribution in [0.4, 0.5) is 17.1 Å². The van der Waals surface area contributed by atoms with Crippen LogP contribution in [0.15, 0.2) is 72.8 Å². The molecular formula is C27H27Cl3N3O7P. The van der Waals surface area contributed by atoms with Gasteiger partial charge in [-0.1, -0.05) is 0 Å². The number of rotatable bonds is 15. The first-order valence-corrected chi connectivity index (χ1v) is 15.3. The van der Waals surface area contributed by atoms with Crippen LogP contribution in [0.25, 0.3) is 0 Å². The second-order valence-electron chi connectivity index (χ2n) is 8.26. The molecule has 0 bridgehead atoms. The number of nitrogens with one attached hydrogen (secondary N) is 3. The summed E-state index contributed by atoms with van der Waals surface area (Å²) < 4.78 is 30.9. The van der Waals surface area contributed by atoms with E-state index in [1.54, 1.807) is 36.4 Å². The first kappa shape index (κ1) is 32.1. The Morgan fingerprint density at radius 2 is 0.756 bits per heavy atom. The summed E-state index contributed by atoms with van der Waals surface area (Å²) in [6, 6.07) is 18.3. The van der Waals surface area contributed by atoms with Crippen molar-refractivity contribution in [1.82, 2.24) is 0 Å². The molecule has 3 amide bonds. The largest absolute Gasteiger partial charge is 0.647 e. The van der Waals surface area contributed by atoms with Crippen molar-refractivity contribution in [3.8, 4) is 17.2 Å². The summed E-state index contributed by atoms with van der Waals surface area (Å²) in [4.78, 5) is 35.4. The third-order valence-corrected chi connectivity index (χ3v) is 6.90. The van der Waals surface area contributed by atoms with Gasteiger partial charge in [0.25, 0.3) is 0 Å². The van der Waals surface area contributed by atoms with Gasteiger partial charge in [-0.2, -0.15) is 4.57 Å². The van der Waals surface area contributed by atoms with Crippen LogP contribution in [0.1, 0.15) is 19.3 Å². The highest BCUT2D eigenvalue weighted by atomic mass is 35.5. The van der Waals surface area contributed by atoms with Crippen molar-refractivity contribution in [2.24, 2.45) is 0 Å². The zero-order chi connectivity index (χ0) is 29.7. The van der Waals surface area contributed by atoms with Crippen molar-refractivity contribution in [2.75, 3.05) is 33.6 Å². The number of anilines is 3. The Balaban J connectivity index is 1.78. The molecule has 0 radical (unpaired) electrons. The topological polar surface area (TPSA) is 132 Å². The summed E-state index contributed by atoms with van der Waals surface area (Å²) in [5, 5.41) is 8.04. The van der Waals surface area contributed by atoms with E-state index in [2.05, 4.69) is 16.0 Å². The molecule has 3 aromatic carbocycles. The molecular weight excluding hydrogens is 616 g/mol. The minimum atomic E-state index is -4.36. The molecule has 0 aliphatic rings. The summed E-state index contributed by atoms with van der Waals surface area (Å²) >= 11 is 16.8. The van der Waals surface area contributed by atoms with E-state index < -0.39 is 7.82 Å². The average molecular weight is 643 g/mol. The number of hydrogen-bond acceptors (Lipinski definition) is 7. The smallest absolute Gasteiger partial charge is 0.386 e. The summed E-state index contributed by atoms with van der Waals surface area (Å²) in [6.45, 7) is 0. The van der Waals surface area contributed by atoms with Crippen molar-refractivity contribution in [1.29, 1.82) is 0 Å². The minimum absolute atomic E-state index is 0.138. The average Bonchev–Trinajstić information content (AvgIpc) is 2.92. The summed E-state index contributed by atoms with van der Waals surface area (Å²) in [5.74, 6) is 0.211. The lowest BCUT2D eigenvalue weighted by Gasteiger charge is -2.20. The maximum absolute atomic E-state index is 13.8. The van der Waals surface area contributed by atoms with Crippen molar-refractivity contribution in [3.05, 3.63) is 72.8 Å². The van der Waals surface area contributed by atoms with Gasteiger partial charge in [-0.3, -0.25) is 14.4 Å². The Kier molecular flexibility index (Phi) is 12.6. The third kappa shape index (κ3) is 11.2. The Morgan fingerprint density at radius 3 is 0.976 bits per heavy atom. The van der Waals surface area contributed by atoms with E-state index in [0.717, 1.165) is 0 Å². The number of benzene rings is 3. The number of phosphoric ester groups is 1. The van der Waals surface area contributed by atoms with Gasteiger partial charge in [0, 0.05) is 54.0 Å². The molecule has 0 aromatic heterocycles. The van der Waals surface area contributed by atoms with Gasteiger partial charge in [0.1, 0.15) is 17.2 Å². The summed E-state index contributed by atoms with van der Waals surface area (Å²) in [5.41, 5.74) is 1.47. The number of alkyl halides is 3. The van der Waals surface area contributed by atoms with Crippen molar-refractivity contribution >= 4 is 77.4 Å². The number of carbonyl (C=O) groups excluding carboxylic acids is 3. The van der Waals surface area contributed by atoms with E-state index in [-0.39, 0.29) is 71.9 Å². The highest BCUT2D eigenvalue weighted by Gasteiger charge is 2.33. The predicted octanol–water partition coefficient (Wildman–Crippen LogP) is 7.03. The van der Waals surface area contributed by atoms with Crippen LogP contribution in [0.2, 0.25) is 0 Å². The SMILES string of the molecule is O=C(CCCl)Nc1ccc(OP(=O)(Oc2ccc(NC(=O)CCCl)cc2)Oc2ccc(NC(=O)CCCl)cc2)cc1. The lowest BCUT2D eigenvalue weighted by molar-refractivity contribution is -0.116. The highest BCUT2D eigenvalue weighted by molar-refractivity contribution is 7.49. The van der Waals surface area contributed by atoms with Crippen LogP contribution in [-0.2, 0) is 18.9 Å².